The van der Waals surface area contributed by atoms with Crippen molar-refractivity contribution in [3.05, 3.63) is 77.9 Å². The maximum absolute atomic E-state index is 13.7. The van der Waals surface area contributed by atoms with Crippen LogP contribution in [0.5, 0.6) is 5.75 Å². The van der Waals surface area contributed by atoms with Crippen molar-refractivity contribution in [1.29, 1.82) is 0 Å². The van der Waals surface area contributed by atoms with Crippen LogP contribution in [0.1, 0.15) is 56.6 Å². The summed E-state index contributed by atoms with van der Waals surface area (Å²) in [5, 5.41) is 5.56. The number of nitrogens with one attached hydrogen (secondary N) is 1. The summed E-state index contributed by atoms with van der Waals surface area (Å²) in [7, 11) is 1.64. The van der Waals surface area contributed by atoms with Gasteiger partial charge >= 0.3 is 0 Å². The number of nitrogens with zero attached hydrogens (tertiary/aromatic N) is 1. The third-order valence-corrected chi connectivity index (χ3v) is 7.06. The first-order valence-electron chi connectivity index (χ1n) is 12.8. The van der Waals surface area contributed by atoms with Gasteiger partial charge in [-0.15, -0.1) is 0 Å². The molecule has 0 bridgehead atoms. The standard InChI is InChI=1S/C30H36N2O3/c1-3-28(30(34)31-25-14-5-6-15-25)32(21-22-10-8-16-26(20-22)35-2)29(33)19-18-24-13-9-12-23-11-4-7-17-27(23)24/h4,7-13,16-17,20,25,28H,3,5-6,14-15,18-19,21H2,1-2H3,(H,31,34)/t28-/m1/s1. The molecular formula is C30H36N2O3. The van der Waals surface area contributed by atoms with E-state index >= 15 is 0 Å². The van der Waals surface area contributed by atoms with Crippen molar-refractivity contribution >= 4 is 22.6 Å². The van der Waals surface area contributed by atoms with Crippen LogP contribution < -0.4 is 10.1 Å². The highest BCUT2D eigenvalue weighted by Gasteiger charge is 2.30. The Morgan fingerprint density at radius 1 is 1.03 bits per heavy atom. The summed E-state index contributed by atoms with van der Waals surface area (Å²) < 4.78 is 5.38. The molecule has 0 unspecified atom stereocenters. The van der Waals surface area contributed by atoms with Crippen LogP contribution in [0, 0.1) is 0 Å². The molecule has 0 heterocycles. The molecule has 5 heteroatoms. The van der Waals surface area contributed by atoms with Gasteiger partial charge in [-0.25, -0.2) is 0 Å². The van der Waals surface area contributed by atoms with Gasteiger partial charge in [0.15, 0.2) is 0 Å². The second kappa shape index (κ2) is 11.9. The number of ether oxygens (including phenoxy) is 1. The average molecular weight is 473 g/mol. The van der Waals surface area contributed by atoms with E-state index in [1.165, 1.54) is 10.8 Å². The Bertz CT molecular complexity index is 1150. The van der Waals surface area contributed by atoms with Crippen molar-refractivity contribution in [3.63, 3.8) is 0 Å². The molecule has 1 aliphatic carbocycles. The van der Waals surface area contributed by atoms with E-state index in [0.717, 1.165) is 42.6 Å². The predicted molar refractivity (Wildman–Crippen MR) is 140 cm³/mol. The topological polar surface area (TPSA) is 58.6 Å². The average Bonchev–Trinajstić information content (AvgIpc) is 3.40. The van der Waals surface area contributed by atoms with E-state index in [2.05, 4.69) is 29.6 Å². The summed E-state index contributed by atoms with van der Waals surface area (Å²) in [4.78, 5) is 28.7. The smallest absolute Gasteiger partial charge is 0.243 e. The van der Waals surface area contributed by atoms with E-state index in [9.17, 15) is 9.59 Å². The lowest BCUT2D eigenvalue weighted by Crippen LogP contribution is -2.51. The van der Waals surface area contributed by atoms with E-state index in [-0.39, 0.29) is 17.9 Å². The fraction of sp³-hybridized carbons (Fsp3) is 0.400. The van der Waals surface area contributed by atoms with Crippen LogP contribution in [0.15, 0.2) is 66.7 Å². The first-order valence-corrected chi connectivity index (χ1v) is 12.8. The Morgan fingerprint density at radius 3 is 2.54 bits per heavy atom. The molecule has 0 spiro atoms. The molecule has 3 aromatic carbocycles. The molecule has 1 saturated carbocycles. The molecule has 1 atom stereocenters. The van der Waals surface area contributed by atoms with Crippen LogP contribution in [0.3, 0.4) is 0 Å². The minimum absolute atomic E-state index is 0.00539. The van der Waals surface area contributed by atoms with Crippen molar-refractivity contribution < 1.29 is 14.3 Å². The maximum Gasteiger partial charge on any atom is 0.243 e. The Balaban J connectivity index is 1.55. The van der Waals surface area contributed by atoms with E-state index in [1.54, 1.807) is 12.0 Å². The van der Waals surface area contributed by atoms with E-state index < -0.39 is 6.04 Å². The molecule has 0 radical (unpaired) electrons. The molecule has 5 nitrogen and oxygen atoms in total. The summed E-state index contributed by atoms with van der Waals surface area (Å²) >= 11 is 0. The van der Waals surface area contributed by atoms with Crippen LogP contribution in [-0.4, -0.2) is 35.9 Å². The molecule has 1 fully saturated rings. The zero-order chi connectivity index (χ0) is 24.6. The number of hydrogen-bond acceptors (Lipinski definition) is 3. The number of hydrogen-bond donors (Lipinski definition) is 1. The van der Waals surface area contributed by atoms with Gasteiger partial charge in [-0.1, -0.05) is 74.4 Å². The highest BCUT2D eigenvalue weighted by atomic mass is 16.5. The predicted octanol–water partition coefficient (Wildman–Crippen LogP) is 5.65. The molecular weight excluding hydrogens is 436 g/mol. The third kappa shape index (κ3) is 6.21. The molecule has 1 aliphatic rings. The van der Waals surface area contributed by atoms with Gasteiger partial charge in [0.25, 0.3) is 0 Å². The second-order valence-electron chi connectivity index (χ2n) is 9.43. The zero-order valence-corrected chi connectivity index (χ0v) is 20.8. The molecule has 2 amide bonds. The number of carbonyl (C=O) groups is 2. The molecule has 1 N–H and O–H groups in total. The largest absolute Gasteiger partial charge is 0.497 e. The number of fused-ring (bicyclic) bond motifs is 1. The SMILES string of the molecule is CC[C@H](C(=O)NC1CCCC1)N(Cc1cccc(OC)c1)C(=O)CCc1cccc2ccccc12. The maximum atomic E-state index is 13.7. The Kier molecular flexibility index (Phi) is 8.40. The van der Waals surface area contributed by atoms with Crippen LogP contribution in [-0.2, 0) is 22.6 Å². The van der Waals surface area contributed by atoms with Crippen LogP contribution in [0.2, 0.25) is 0 Å². The summed E-state index contributed by atoms with van der Waals surface area (Å²) in [6.07, 6.45) is 5.90. The van der Waals surface area contributed by atoms with Crippen LogP contribution in [0.4, 0.5) is 0 Å². The molecule has 3 aromatic rings. The number of benzene rings is 3. The lowest BCUT2D eigenvalue weighted by Gasteiger charge is -2.31. The second-order valence-corrected chi connectivity index (χ2v) is 9.43. The van der Waals surface area contributed by atoms with Gasteiger partial charge in [0.1, 0.15) is 11.8 Å². The monoisotopic (exact) mass is 472 g/mol. The number of amides is 2. The normalized spacial score (nSPS) is 14.6. The first kappa shape index (κ1) is 24.8. The molecule has 0 saturated heterocycles. The van der Waals surface area contributed by atoms with Gasteiger partial charge in [0, 0.05) is 19.0 Å². The van der Waals surface area contributed by atoms with Crippen LogP contribution >= 0.6 is 0 Å². The molecule has 4 rings (SSSR count). The molecule has 0 aromatic heterocycles. The lowest BCUT2D eigenvalue weighted by atomic mass is 10.00. The van der Waals surface area contributed by atoms with Crippen molar-refractivity contribution in [2.45, 2.75) is 70.5 Å². The highest BCUT2D eigenvalue weighted by molar-refractivity contribution is 5.89. The van der Waals surface area contributed by atoms with E-state index in [0.29, 0.717) is 25.8 Å². The van der Waals surface area contributed by atoms with Crippen molar-refractivity contribution in [2.75, 3.05) is 7.11 Å². The summed E-state index contributed by atoms with van der Waals surface area (Å²) in [5.74, 6) is 0.698. The Hall–Kier alpha value is -3.34. The van der Waals surface area contributed by atoms with Crippen molar-refractivity contribution in [2.24, 2.45) is 0 Å². The number of carbonyl (C=O) groups excluding carboxylic acids is 2. The summed E-state index contributed by atoms with van der Waals surface area (Å²) in [5.41, 5.74) is 2.11. The van der Waals surface area contributed by atoms with Crippen LogP contribution in [0.25, 0.3) is 10.8 Å². The van der Waals surface area contributed by atoms with Gasteiger partial charge in [-0.3, -0.25) is 9.59 Å². The zero-order valence-electron chi connectivity index (χ0n) is 20.8. The highest BCUT2D eigenvalue weighted by Crippen LogP contribution is 2.23. The number of rotatable bonds is 10. The van der Waals surface area contributed by atoms with Gasteiger partial charge in [0.05, 0.1) is 7.11 Å². The third-order valence-electron chi connectivity index (χ3n) is 7.06. The first-order chi connectivity index (χ1) is 17.1. The fourth-order valence-electron chi connectivity index (χ4n) is 5.15. The van der Waals surface area contributed by atoms with Crippen molar-refractivity contribution in [3.8, 4) is 5.75 Å². The van der Waals surface area contributed by atoms with E-state index in [1.807, 2.05) is 49.4 Å². The van der Waals surface area contributed by atoms with Gasteiger partial charge < -0.3 is 15.0 Å². The fourth-order valence-corrected chi connectivity index (χ4v) is 5.15. The summed E-state index contributed by atoms with van der Waals surface area (Å²) in [6, 6.07) is 21.9. The van der Waals surface area contributed by atoms with Gasteiger partial charge in [-0.2, -0.15) is 0 Å². The molecule has 35 heavy (non-hydrogen) atoms. The molecule has 184 valence electrons. The number of methoxy groups -OCH3 is 1. The quantitative estimate of drug-likeness (QED) is 0.415. The van der Waals surface area contributed by atoms with Gasteiger partial charge in [-0.05, 0) is 59.7 Å². The molecule has 0 aliphatic heterocycles. The number of aryl methyl sites for hydroxylation is 1. The minimum Gasteiger partial charge on any atom is -0.497 e. The summed E-state index contributed by atoms with van der Waals surface area (Å²) in [6.45, 7) is 2.36. The van der Waals surface area contributed by atoms with Crippen molar-refractivity contribution in [1.82, 2.24) is 10.2 Å². The Morgan fingerprint density at radius 2 is 1.77 bits per heavy atom. The van der Waals surface area contributed by atoms with E-state index in [4.69, 9.17) is 4.74 Å². The lowest BCUT2D eigenvalue weighted by molar-refractivity contribution is -0.141. The Labute approximate surface area is 208 Å². The van der Waals surface area contributed by atoms with Gasteiger partial charge in [0.2, 0.25) is 11.8 Å². The minimum atomic E-state index is -0.498.